The molecule has 0 nitrogen and oxygen atoms in total. The van der Waals surface area contributed by atoms with Crippen molar-refractivity contribution in [1.29, 1.82) is 0 Å². The SMILES string of the molecule is C=C(/C=C\C(=C)c1c2ccccc2c(/C(C)=C/C=C2/C=CC=CC2)c2ccccc12)c1ccc2sc3cc4ccc5sc6ccccc6c5c4cc3c2c1. The quantitative estimate of drug-likeness (QED) is 0.118. The highest BCUT2D eigenvalue weighted by molar-refractivity contribution is 7.26. The van der Waals surface area contributed by atoms with Crippen molar-refractivity contribution >= 4 is 112 Å². The molecule has 0 fully saturated rings. The van der Waals surface area contributed by atoms with Crippen molar-refractivity contribution in [2.75, 3.05) is 0 Å². The molecular weight excluding hydrogens is 689 g/mol. The Balaban J connectivity index is 1.03. The summed E-state index contributed by atoms with van der Waals surface area (Å²) in [6, 6.07) is 42.5. The Hall–Kier alpha value is -6.06. The first-order valence-corrected chi connectivity index (χ1v) is 20.1. The first-order valence-electron chi connectivity index (χ1n) is 18.4. The fourth-order valence-electron chi connectivity index (χ4n) is 8.27. The lowest BCUT2D eigenvalue weighted by Crippen LogP contribution is -1.94. The zero-order valence-corrected chi connectivity index (χ0v) is 31.7. The molecule has 0 radical (unpaired) electrons. The Morgan fingerprint density at radius 3 is 1.93 bits per heavy atom. The molecule has 54 heavy (non-hydrogen) atoms. The maximum absolute atomic E-state index is 4.65. The number of hydrogen-bond acceptors (Lipinski definition) is 2. The summed E-state index contributed by atoms with van der Waals surface area (Å²) in [6.45, 7) is 11.4. The van der Waals surface area contributed by atoms with E-state index < -0.39 is 0 Å². The van der Waals surface area contributed by atoms with Crippen molar-refractivity contribution in [2.45, 2.75) is 13.3 Å². The summed E-state index contributed by atoms with van der Waals surface area (Å²) in [6.07, 6.45) is 18.4. The van der Waals surface area contributed by atoms with Gasteiger partial charge in [-0.3, -0.25) is 0 Å². The van der Waals surface area contributed by atoms with Crippen LogP contribution < -0.4 is 0 Å². The van der Waals surface area contributed by atoms with E-state index in [1.165, 1.54) is 94.9 Å². The molecule has 256 valence electrons. The summed E-state index contributed by atoms with van der Waals surface area (Å²) < 4.78 is 5.29. The van der Waals surface area contributed by atoms with E-state index >= 15 is 0 Å². The van der Waals surface area contributed by atoms with Crippen LogP contribution in [-0.2, 0) is 0 Å². The van der Waals surface area contributed by atoms with Crippen LogP contribution in [0.5, 0.6) is 0 Å². The third-order valence-corrected chi connectivity index (χ3v) is 13.2. The van der Waals surface area contributed by atoms with Gasteiger partial charge in [0.2, 0.25) is 0 Å². The van der Waals surface area contributed by atoms with Crippen LogP contribution in [0.2, 0.25) is 0 Å². The highest BCUT2D eigenvalue weighted by Crippen LogP contribution is 2.44. The highest BCUT2D eigenvalue weighted by atomic mass is 32.1. The molecule has 10 rings (SSSR count). The summed E-state index contributed by atoms with van der Waals surface area (Å²) in [4.78, 5) is 0. The maximum Gasteiger partial charge on any atom is 0.0361 e. The van der Waals surface area contributed by atoms with Gasteiger partial charge in [0.15, 0.2) is 0 Å². The monoisotopic (exact) mass is 724 g/mol. The predicted molar refractivity (Wildman–Crippen MR) is 243 cm³/mol. The van der Waals surface area contributed by atoms with Gasteiger partial charge in [0.05, 0.1) is 0 Å². The first kappa shape index (κ1) is 32.6. The van der Waals surface area contributed by atoms with Gasteiger partial charge >= 0.3 is 0 Å². The van der Waals surface area contributed by atoms with Crippen LogP contribution in [0.15, 0.2) is 183 Å². The van der Waals surface area contributed by atoms with Gasteiger partial charge in [-0.2, -0.15) is 0 Å². The Morgan fingerprint density at radius 2 is 1.19 bits per heavy atom. The van der Waals surface area contributed by atoms with E-state index in [4.69, 9.17) is 0 Å². The van der Waals surface area contributed by atoms with Crippen LogP contribution >= 0.6 is 22.7 Å². The fraction of sp³-hybridized carbons (Fsp3) is 0.0385. The van der Waals surface area contributed by atoms with Crippen molar-refractivity contribution in [3.05, 3.63) is 199 Å². The topological polar surface area (TPSA) is 0 Å². The van der Waals surface area contributed by atoms with Crippen LogP contribution in [0, 0.1) is 0 Å². The van der Waals surface area contributed by atoms with E-state index in [1.807, 2.05) is 22.7 Å². The maximum atomic E-state index is 4.65. The average molecular weight is 725 g/mol. The molecule has 0 aliphatic heterocycles. The Morgan fingerprint density at radius 1 is 0.556 bits per heavy atom. The molecule has 0 N–H and O–H groups in total. The van der Waals surface area contributed by atoms with Gasteiger partial charge in [-0.15, -0.1) is 22.7 Å². The number of hydrogen-bond donors (Lipinski definition) is 0. The summed E-state index contributed by atoms with van der Waals surface area (Å²) in [5.41, 5.74) is 8.06. The molecule has 2 heteroatoms. The molecule has 0 bridgehead atoms. The molecule has 0 atom stereocenters. The summed E-state index contributed by atoms with van der Waals surface area (Å²) >= 11 is 3.74. The van der Waals surface area contributed by atoms with Crippen LogP contribution in [0.3, 0.4) is 0 Å². The molecule has 0 saturated carbocycles. The van der Waals surface area contributed by atoms with Crippen LogP contribution in [0.25, 0.3) is 89.4 Å². The first-order chi connectivity index (χ1) is 26.5. The molecule has 0 spiro atoms. The molecular formula is C52H36S2. The van der Waals surface area contributed by atoms with Crippen molar-refractivity contribution < 1.29 is 0 Å². The van der Waals surface area contributed by atoms with Gasteiger partial charge in [0.1, 0.15) is 0 Å². The van der Waals surface area contributed by atoms with Crippen LogP contribution in [0.1, 0.15) is 30.0 Å². The minimum absolute atomic E-state index is 0.962. The molecule has 1 aliphatic rings. The number of thiophene rings is 2. The smallest absolute Gasteiger partial charge is 0.0361 e. The number of benzene rings is 7. The zero-order chi connectivity index (χ0) is 36.3. The molecule has 2 heterocycles. The molecule has 7 aromatic carbocycles. The minimum Gasteiger partial charge on any atom is -0.135 e. The van der Waals surface area contributed by atoms with Gasteiger partial charge in [0.25, 0.3) is 0 Å². The fourth-order valence-corrected chi connectivity index (χ4v) is 10.5. The van der Waals surface area contributed by atoms with Crippen molar-refractivity contribution in [3.8, 4) is 0 Å². The number of allylic oxidation sites excluding steroid dienone is 12. The lowest BCUT2D eigenvalue weighted by atomic mass is 9.86. The summed E-state index contributed by atoms with van der Waals surface area (Å²) in [5.74, 6) is 0. The third kappa shape index (κ3) is 5.41. The molecule has 9 aromatic rings. The van der Waals surface area contributed by atoms with E-state index in [0.717, 1.165) is 23.1 Å². The predicted octanol–water partition coefficient (Wildman–Crippen LogP) is 16.0. The summed E-state index contributed by atoms with van der Waals surface area (Å²) in [7, 11) is 0. The number of fused-ring (bicyclic) bond motifs is 10. The molecule has 2 aromatic heterocycles. The standard InChI is InChI=1S/C52H36S2/c1-32(36-25-27-47-44(29-36)45-31-43-37(30-49(45)54-47)26-28-48-52(43)42-19-11-12-20-46(42)53-48)21-22-33(2)50-38-15-7-9-17-40(38)51(41-18-10-8-16-39(41)50)34(3)23-24-35-13-5-4-6-14-35/h4-13,15-31H,1-2,14H2,3H3/b22-21-,34-23+,35-24-. The largest absolute Gasteiger partial charge is 0.135 e. The highest BCUT2D eigenvalue weighted by Gasteiger charge is 2.17. The van der Waals surface area contributed by atoms with Gasteiger partial charge < -0.3 is 0 Å². The Kier molecular flexibility index (Phi) is 7.91. The van der Waals surface area contributed by atoms with E-state index in [1.54, 1.807) is 0 Å². The molecule has 1 aliphatic carbocycles. The van der Waals surface area contributed by atoms with Crippen molar-refractivity contribution in [1.82, 2.24) is 0 Å². The van der Waals surface area contributed by atoms with E-state index in [-0.39, 0.29) is 0 Å². The minimum atomic E-state index is 0.962. The Labute approximate surface area is 323 Å². The van der Waals surface area contributed by atoms with Crippen molar-refractivity contribution in [2.24, 2.45) is 0 Å². The zero-order valence-electron chi connectivity index (χ0n) is 30.0. The lowest BCUT2D eigenvalue weighted by Gasteiger charge is -2.18. The molecule has 0 unspecified atom stereocenters. The van der Waals surface area contributed by atoms with E-state index in [0.29, 0.717) is 0 Å². The average Bonchev–Trinajstić information content (AvgIpc) is 3.78. The van der Waals surface area contributed by atoms with Crippen LogP contribution in [-0.4, -0.2) is 0 Å². The molecule has 0 amide bonds. The van der Waals surface area contributed by atoms with Gasteiger partial charge in [-0.25, -0.2) is 0 Å². The van der Waals surface area contributed by atoms with E-state index in [9.17, 15) is 0 Å². The Bertz CT molecular complexity index is 3160. The van der Waals surface area contributed by atoms with Gasteiger partial charge in [-0.05, 0) is 121 Å². The third-order valence-electron chi connectivity index (χ3n) is 10.9. The second-order valence-electron chi connectivity index (χ2n) is 14.2. The van der Waals surface area contributed by atoms with Gasteiger partial charge in [-0.1, -0.05) is 141 Å². The van der Waals surface area contributed by atoms with E-state index in [2.05, 4.69) is 184 Å². The molecule has 0 saturated heterocycles. The lowest BCUT2D eigenvalue weighted by molar-refractivity contribution is 1.26. The normalized spacial score (nSPS) is 14.4. The summed E-state index contributed by atoms with van der Waals surface area (Å²) in [5, 5.41) is 12.8. The van der Waals surface area contributed by atoms with Gasteiger partial charge in [0, 0.05) is 40.3 Å². The second kappa shape index (κ2) is 13.1. The van der Waals surface area contributed by atoms with Crippen LogP contribution in [0.4, 0.5) is 0 Å². The van der Waals surface area contributed by atoms with Crippen molar-refractivity contribution in [3.63, 3.8) is 0 Å². The second-order valence-corrected chi connectivity index (χ2v) is 16.4. The number of rotatable bonds is 6.